The zero-order chi connectivity index (χ0) is 56.9. The SMILES string of the molecule is C.CI(I)I.COc1ccc(Cn2nc(Nc3cc(Br)ncc3C(=O)c3ccccc3Cl)c([N+](=O)[O-])c2C)cc1.COc1ccc(Cn2nc(Nc3cc(N4CCOCC4)ncc3C(=O)c3ccccc3Cl)c([N+](=O)[O-])c2C)cc1. The second-order valence-electron chi connectivity index (χ2n) is 17.0. The molecule has 0 bridgehead atoms. The first kappa shape index (κ1) is 63.1. The van der Waals surface area contributed by atoms with Gasteiger partial charge < -0.3 is 29.7 Å². The molecule has 0 radical (unpaired) electrons. The molecule has 1 saturated heterocycles. The van der Waals surface area contributed by atoms with Gasteiger partial charge in [-0.1, -0.05) is 79.2 Å². The quantitative estimate of drug-likeness (QED) is 0.0215. The van der Waals surface area contributed by atoms with Crippen LogP contribution < -0.4 is 25.0 Å². The third-order valence-corrected chi connectivity index (χ3v) is 13.1. The van der Waals surface area contributed by atoms with E-state index >= 15 is 0 Å². The van der Waals surface area contributed by atoms with Crippen molar-refractivity contribution in [2.24, 2.45) is 0 Å². The van der Waals surface area contributed by atoms with E-state index in [9.17, 15) is 29.8 Å². The van der Waals surface area contributed by atoms with Crippen LogP contribution in [0.15, 0.2) is 126 Å². The van der Waals surface area contributed by atoms with Crippen molar-refractivity contribution in [2.45, 2.75) is 34.4 Å². The minimum absolute atomic E-state index is 0. The number of carbonyl (C=O) groups excluding carboxylic acids is 2. The third kappa shape index (κ3) is 16.1. The van der Waals surface area contributed by atoms with Gasteiger partial charge in [0.25, 0.3) is 0 Å². The summed E-state index contributed by atoms with van der Waals surface area (Å²) in [5.74, 6) is 1.30. The number of ether oxygens (including phenoxy) is 3. The summed E-state index contributed by atoms with van der Waals surface area (Å²) in [4.78, 5) is 62.9. The summed E-state index contributed by atoms with van der Waals surface area (Å²) in [7, 11) is 3.17. The summed E-state index contributed by atoms with van der Waals surface area (Å²) in [6, 6.07) is 31.3. The van der Waals surface area contributed by atoms with Crippen molar-refractivity contribution in [1.29, 1.82) is 0 Å². The average Bonchev–Trinajstić information content (AvgIpc) is 3.94. The molecule has 1 fully saturated rings. The van der Waals surface area contributed by atoms with Gasteiger partial charge in [0.1, 0.15) is 33.3 Å². The molecular weight excluding hydrogens is 1480 g/mol. The Bertz CT molecular complexity index is 3490. The molecule has 26 heteroatoms. The van der Waals surface area contributed by atoms with Crippen LogP contribution in [-0.2, 0) is 17.8 Å². The summed E-state index contributed by atoms with van der Waals surface area (Å²) in [6.07, 6.45) is 2.84. The standard InChI is InChI=1S/C28H27ClN6O5.C24H19BrClN5O4.CH3I3.CH4/c1-18-26(35(37)38)28(32-34(18)17-19-7-9-20(39-2)10-8-19)31-24-15-25(33-11-13-40-14-12-33)30-16-22(24)27(36)21-5-3-4-6-23(21)29;1-14-22(31(33)34)24(29-30(14)13-15-7-9-16(35-2)10-8-15)28-20-11-21(25)27-12-18(20)23(32)17-5-3-4-6-19(17)26;1-4(2)3;/h3-10,15-16H,11-14,17H2,1-2H3,(H,30,31,32);3-12H,13H2,1-2H3,(H,27,28,29);1H3;1H4. The fraction of sp³-hybridized carbons (Fsp3) is 0.222. The number of ketones is 2. The molecule has 1 aliphatic heterocycles. The Kier molecular flexibility index (Phi) is 23.4. The van der Waals surface area contributed by atoms with Gasteiger partial charge in [-0.2, -0.15) is 0 Å². The smallest absolute Gasteiger partial charge is 0.334 e. The van der Waals surface area contributed by atoms with E-state index in [1.54, 1.807) is 93.4 Å². The number of alkyl halides is 1. The van der Waals surface area contributed by atoms with Crippen LogP contribution in [0.25, 0.3) is 0 Å². The van der Waals surface area contributed by atoms with Gasteiger partial charge in [-0.3, -0.25) is 39.2 Å². The first-order valence-corrected chi connectivity index (χ1v) is 39.9. The van der Waals surface area contributed by atoms with E-state index in [1.165, 1.54) is 17.1 Å². The molecule has 1 aliphatic rings. The van der Waals surface area contributed by atoms with E-state index in [0.29, 0.717) is 94.7 Å². The predicted molar refractivity (Wildman–Crippen MR) is 342 cm³/mol. The Balaban J connectivity index is 0.000000241. The zero-order valence-electron chi connectivity index (χ0n) is 42.8. The Morgan fingerprint density at radius 2 is 1.09 bits per heavy atom. The number of anilines is 5. The van der Waals surface area contributed by atoms with Crippen LogP contribution in [-0.4, -0.2) is 96.4 Å². The molecule has 8 aromatic rings. The fourth-order valence-corrected chi connectivity index (χ4v) is 8.81. The number of pyridine rings is 2. The molecule has 2 N–H and O–H groups in total. The van der Waals surface area contributed by atoms with Gasteiger partial charge in [0, 0.05) is 42.7 Å². The number of aromatic nitrogens is 6. The number of halogens is 6. The zero-order valence-corrected chi connectivity index (χ0v) is 52.3. The minimum Gasteiger partial charge on any atom is -0.497 e. The number of methoxy groups -OCH3 is 2. The Morgan fingerprint density at radius 1 is 0.688 bits per heavy atom. The number of rotatable bonds is 17. The van der Waals surface area contributed by atoms with Crippen molar-refractivity contribution < 1.29 is 33.6 Å². The van der Waals surface area contributed by atoms with Crippen LogP contribution in [0.5, 0.6) is 11.5 Å². The molecular formula is C54H53BrCl2I3N11O9. The second kappa shape index (κ2) is 29.6. The molecule has 9 rings (SSSR count). The number of nitrogens with zero attached hydrogens (tertiary/aromatic N) is 9. The number of hydrogen-bond acceptors (Lipinski definition) is 16. The van der Waals surface area contributed by atoms with Crippen LogP contribution in [0.2, 0.25) is 10.0 Å². The Morgan fingerprint density at radius 3 is 1.49 bits per heavy atom. The topological polar surface area (TPSA) is 237 Å². The van der Waals surface area contributed by atoms with Crippen LogP contribution in [0.3, 0.4) is 0 Å². The van der Waals surface area contributed by atoms with Crippen LogP contribution >= 0.6 is 88.2 Å². The van der Waals surface area contributed by atoms with Gasteiger partial charge in [-0.15, -0.1) is 10.2 Å². The van der Waals surface area contributed by atoms with Crippen molar-refractivity contribution in [3.63, 3.8) is 0 Å². The first-order chi connectivity index (χ1) is 37.9. The summed E-state index contributed by atoms with van der Waals surface area (Å²) in [5, 5.41) is 39.7. The van der Waals surface area contributed by atoms with E-state index in [1.807, 2.05) is 53.4 Å². The summed E-state index contributed by atoms with van der Waals surface area (Å²) >= 11 is 20.5. The minimum atomic E-state index is -0.499. The molecule has 80 heavy (non-hydrogen) atoms. The average molecular weight is 1530 g/mol. The summed E-state index contributed by atoms with van der Waals surface area (Å²) in [6.45, 7) is 6.22. The van der Waals surface area contributed by atoms with Gasteiger partial charge in [0.05, 0.1) is 82.9 Å². The molecule has 20 nitrogen and oxygen atoms in total. The molecule has 0 aliphatic carbocycles. The molecule has 0 unspecified atom stereocenters. The fourth-order valence-electron chi connectivity index (χ4n) is 8.04. The Labute approximate surface area is 506 Å². The summed E-state index contributed by atoms with van der Waals surface area (Å²) in [5.41, 5.74) is 3.75. The molecule has 4 aromatic heterocycles. The monoisotopic (exact) mass is 1530 g/mol. The predicted octanol–water partition coefficient (Wildman–Crippen LogP) is 14.4. The molecule has 420 valence electrons. The number of morpholine rings is 1. The van der Waals surface area contributed by atoms with Crippen LogP contribution in [0, 0.1) is 34.1 Å². The third-order valence-electron chi connectivity index (χ3n) is 12.0. The van der Waals surface area contributed by atoms with E-state index in [0.717, 1.165) is 11.1 Å². The maximum Gasteiger partial charge on any atom is 0.334 e. The van der Waals surface area contributed by atoms with E-state index in [4.69, 9.17) is 37.4 Å². The molecule has 4 aromatic carbocycles. The normalized spacial score (nSPS) is 11.9. The molecule has 0 amide bonds. The number of benzene rings is 4. The van der Waals surface area contributed by atoms with Gasteiger partial charge in [-0.25, -0.2) is 9.97 Å². The van der Waals surface area contributed by atoms with Crippen molar-refractivity contribution in [3.8, 4) is 11.5 Å². The largest absolute Gasteiger partial charge is 0.497 e. The second-order valence-corrected chi connectivity index (χ2v) is 47.5. The van der Waals surface area contributed by atoms with Crippen molar-refractivity contribution >= 4 is 140 Å². The maximum absolute atomic E-state index is 13.6. The van der Waals surface area contributed by atoms with Gasteiger partial charge in [0.15, 0.2) is 11.6 Å². The van der Waals surface area contributed by atoms with E-state index in [-0.39, 0.29) is 75.6 Å². The van der Waals surface area contributed by atoms with Gasteiger partial charge in [-0.05, 0) is 95.5 Å². The van der Waals surface area contributed by atoms with Crippen molar-refractivity contribution in [2.75, 3.05) is 61.0 Å². The number of hydrogen-bond donors (Lipinski definition) is 2. The molecule has 5 heterocycles. The van der Waals surface area contributed by atoms with Crippen molar-refractivity contribution in [1.82, 2.24) is 29.5 Å². The summed E-state index contributed by atoms with van der Waals surface area (Å²) < 4.78 is 19.4. The van der Waals surface area contributed by atoms with Crippen molar-refractivity contribution in [3.05, 3.63) is 201 Å². The van der Waals surface area contributed by atoms with E-state index in [2.05, 4.69) is 88.9 Å². The maximum atomic E-state index is 13.6. The molecule has 0 saturated carbocycles. The van der Waals surface area contributed by atoms with Crippen LogP contribution in [0.1, 0.15) is 61.8 Å². The number of carbonyl (C=O) groups is 2. The van der Waals surface area contributed by atoms with Crippen LogP contribution in [0.4, 0.5) is 40.2 Å². The Hall–Kier alpha value is -6.05. The number of nitro groups is 2. The van der Waals surface area contributed by atoms with Gasteiger partial charge in [0.2, 0.25) is 11.6 Å². The number of nitrogens with one attached hydrogen (secondary N) is 2. The first-order valence-electron chi connectivity index (χ1n) is 23.6. The molecule has 0 spiro atoms. The van der Waals surface area contributed by atoms with E-state index < -0.39 is 9.85 Å². The molecule has 0 atom stereocenters. The van der Waals surface area contributed by atoms with Gasteiger partial charge >= 0.3 is 65.4 Å².